The van der Waals surface area contributed by atoms with Crippen molar-refractivity contribution in [3.63, 3.8) is 0 Å². The van der Waals surface area contributed by atoms with E-state index in [1.807, 2.05) is 6.92 Å². The van der Waals surface area contributed by atoms with Gasteiger partial charge in [-0.15, -0.1) is 24.0 Å². The second-order valence-electron chi connectivity index (χ2n) is 4.78. The molecular weight excluding hydrogens is 429 g/mol. The van der Waals surface area contributed by atoms with Crippen LogP contribution in [0.25, 0.3) is 0 Å². The third-order valence-electron chi connectivity index (χ3n) is 2.75. The molecule has 0 atom stereocenters. The molecule has 1 aromatic carbocycles. The van der Waals surface area contributed by atoms with E-state index in [0.29, 0.717) is 23.8 Å². The van der Waals surface area contributed by atoms with Crippen molar-refractivity contribution in [2.45, 2.75) is 25.2 Å². The number of hydrogen-bond donors (Lipinski definition) is 2. The van der Waals surface area contributed by atoms with Crippen LogP contribution < -0.4 is 15.4 Å². The van der Waals surface area contributed by atoms with Gasteiger partial charge in [0.1, 0.15) is 12.4 Å². The molecule has 23 heavy (non-hydrogen) atoms. The number of nitrogens with zero attached hydrogens (tertiary/aromatic N) is 1. The SMILES string of the molecule is CCCN=C(NCC)NCCOc1ccc(S(C)(=O)=O)cc1.I. The van der Waals surface area contributed by atoms with Crippen molar-refractivity contribution in [1.82, 2.24) is 10.6 Å². The van der Waals surface area contributed by atoms with Crippen LogP contribution in [0, 0.1) is 0 Å². The summed E-state index contributed by atoms with van der Waals surface area (Å²) >= 11 is 0. The van der Waals surface area contributed by atoms with Gasteiger partial charge in [0.15, 0.2) is 15.8 Å². The minimum absolute atomic E-state index is 0. The van der Waals surface area contributed by atoms with E-state index >= 15 is 0 Å². The minimum atomic E-state index is -3.16. The summed E-state index contributed by atoms with van der Waals surface area (Å²) in [7, 11) is -3.16. The summed E-state index contributed by atoms with van der Waals surface area (Å²) in [5.41, 5.74) is 0. The highest BCUT2D eigenvalue weighted by Gasteiger charge is 2.06. The fourth-order valence-electron chi connectivity index (χ4n) is 1.69. The molecule has 0 unspecified atom stereocenters. The summed E-state index contributed by atoms with van der Waals surface area (Å²) in [5.74, 6) is 1.42. The lowest BCUT2D eigenvalue weighted by molar-refractivity contribution is 0.321. The summed E-state index contributed by atoms with van der Waals surface area (Å²) in [6, 6.07) is 6.41. The molecule has 0 bridgehead atoms. The lowest BCUT2D eigenvalue weighted by Crippen LogP contribution is -2.39. The average Bonchev–Trinajstić information content (AvgIpc) is 2.48. The molecule has 1 rings (SSSR count). The molecule has 0 radical (unpaired) electrons. The Kier molecular flexibility index (Phi) is 11.0. The van der Waals surface area contributed by atoms with Crippen LogP contribution in [-0.2, 0) is 9.84 Å². The molecule has 0 saturated carbocycles. The van der Waals surface area contributed by atoms with Crippen molar-refractivity contribution < 1.29 is 13.2 Å². The molecule has 0 saturated heterocycles. The van der Waals surface area contributed by atoms with E-state index < -0.39 is 9.84 Å². The Hall–Kier alpha value is -1.03. The molecule has 0 aliphatic rings. The normalized spacial score (nSPS) is 11.5. The first-order chi connectivity index (χ1) is 10.5. The Bertz CT molecular complexity index is 574. The van der Waals surface area contributed by atoms with E-state index in [-0.39, 0.29) is 24.0 Å². The molecule has 132 valence electrons. The summed E-state index contributed by atoms with van der Waals surface area (Å²) in [6.45, 7) is 6.77. The number of aliphatic imine (C=N–C) groups is 1. The smallest absolute Gasteiger partial charge is 0.191 e. The Labute approximate surface area is 156 Å². The summed E-state index contributed by atoms with van der Waals surface area (Å²) in [6.07, 6.45) is 2.18. The maximum absolute atomic E-state index is 11.4. The van der Waals surface area contributed by atoms with E-state index in [9.17, 15) is 8.42 Å². The van der Waals surface area contributed by atoms with Crippen LogP contribution in [0.5, 0.6) is 5.75 Å². The lowest BCUT2D eigenvalue weighted by Gasteiger charge is -2.12. The Morgan fingerprint density at radius 1 is 1.17 bits per heavy atom. The molecule has 0 heterocycles. The Balaban J connectivity index is 0.00000484. The van der Waals surface area contributed by atoms with Gasteiger partial charge < -0.3 is 15.4 Å². The molecule has 0 aromatic heterocycles. The van der Waals surface area contributed by atoms with Crippen LogP contribution in [0.1, 0.15) is 20.3 Å². The molecule has 2 N–H and O–H groups in total. The molecule has 0 spiro atoms. The fourth-order valence-corrected chi connectivity index (χ4v) is 2.32. The molecular formula is C15H26IN3O3S. The number of halogens is 1. The van der Waals surface area contributed by atoms with Gasteiger partial charge in [-0.05, 0) is 37.6 Å². The highest BCUT2D eigenvalue weighted by atomic mass is 127. The van der Waals surface area contributed by atoms with Crippen LogP contribution in [0.4, 0.5) is 0 Å². The number of guanidine groups is 1. The Morgan fingerprint density at radius 3 is 2.35 bits per heavy atom. The quantitative estimate of drug-likeness (QED) is 0.272. The molecule has 0 aliphatic heterocycles. The zero-order valence-electron chi connectivity index (χ0n) is 13.8. The number of benzene rings is 1. The van der Waals surface area contributed by atoms with Gasteiger partial charge >= 0.3 is 0 Å². The summed E-state index contributed by atoms with van der Waals surface area (Å²) < 4.78 is 28.3. The Morgan fingerprint density at radius 2 is 1.83 bits per heavy atom. The van der Waals surface area contributed by atoms with E-state index in [1.54, 1.807) is 24.3 Å². The zero-order valence-corrected chi connectivity index (χ0v) is 17.0. The van der Waals surface area contributed by atoms with E-state index in [1.165, 1.54) is 6.26 Å². The topological polar surface area (TPSA) is 79.8 Å². The summed E-state index contributed by atoms with van der Waals surface area (Å²) in [5, 5.41) is 6.34. The molecule has 1 aromatic rings. The van der Waals surface area contributed by atoms with Gasteiger partial charge in [-0.3, -0.25) is 4.99 Å². The lowest BCUT2D eigenvalue weighted by atomic mass is 10.3. The van der Waals surface area contributed by atoms with Crippen LogP contribution in [0.2, 0.25) is 0 Å². The summed E-state index contributed by atoms with van der Waals surface area (Å²) in [4.78, 5) is 4.68. The van der Waals surface area contributed by atoms with Crippen LogP contribution in [0.15, 0.2) is 34.2 Å². The van der Waals surface area contributed by atoms with Crippen LogP contribution in [0.3, 0.4) is 0 Å². The van der Waals surface area contributed by atoms with Gasteiger partial charge in [0.2, 0.25) is 0 Å². The van der Waals surface area contributed by atoms with Crippen LogP contribution >= 0.6 is 24.0 Å². The predicted molar refractivity (Wildman–Crippen MR) is 105 cm³/mol. The first-order valence-electron chi connectivity index (χ1n) is 7.42. The van der Waals surface area contributed by atoms with Crippen molar-refractivity contribution in [1.29, 1.82) is 0 Å². The number of nitrogens with one attached hydrogen (secondary N) is 2. The third kappa shape index (κ3) is 8.99. The third-order valence-corrected chi connectivity index (χ3v) is 3.88. The standard InChI is InChI=1S/C15H25N3O3S.HI/c1-4-10-17-15(16-5-2)18-11-12-21-13-6-8-14(9-7-13)22(3,19)20;/h6-9H,4-5,10-12H2,1-3H3,(H2,16,17,18);1H. The van der Waals surface area contributed by atoms with Crippen molar-refractivity contribution in [2.24, 2.45) is 4.99 Å². The maximum Gasteiger partial charge on any atom is 0.191 e. The van der Waals surface area contributed by atoms with Gasteiger partial charge in [-0.25, -0.2) is 8.42 Å². The zero-order chi connectivity index (χ0) is 16.4. The fraction of sp³-hybridized carbons (Fsp3) is 0.533. The van der Waals surface area contributed by atoms with E-state index in [4.69, 9.17) is 4.74 Å². The van der Waals surface area contributed by atoms with Crippen molar-refractivity contribution in [2.75, 3.05) is 32.5 Å². The first kappa shape index (κ1) is 22.0. The molecule has 8 heteroatoms. The number of sulfone groups is 1. The molecule has 0 amide bonds. The highest BCUT2D eigenvalue weighted by Crippen LogP contribution is 2.15. The van der Waals surface area contributed by atoms with Crippen molar-refractivity contribution >= 4 is 39.8 Å². The highest BCUT2D eigenvalue weighted by molar-refractivity contribution is 14.0. The van der Waals surface area contributed by atoms with Gasteiger partial charge in [0, 0.05) is 19.3 Å². The first-order valence-corrected chi connectivity index (χ1v) is 9.31. The van der Waals surface area contributed by atoms with E-state index in [2.05, 4.69) is 22.5 Å². The number of ether oxygens (including phenoxy) is 1. The number of rotatable bonds is 8. The van der Waals surface area contributed by atoms with Gasteiger partial charge in [0.05, 0.1) is 11.4 Å². The van der Waals surface area contributed by atoms with Crippen molar-refractivity contribution in [3.8, 4) is 5.75 Å². The van der Waals surface area contributed by atoms with E-state index in [0.717, 1.165) is 25.5 Å². The van der Waals surface area contributed by atoms with Gasteiger partial charge in [-0.1, -0.05) is 6.92 Å². The van der Waals surface area contributed by atoms with Gasteiger partial charge in [0.25, 0.3) is 0 Å². The second kappa shape index (κ2) is 11.5. The maximum atomic E-state index is 11.4. The van der Waals surface area contributed by atoms with Gasteiger partial charge in [-0.2, -0.15) is 0 Å². The largest absolute Gasteiger partial charge is 0.492 e. The molecule has 0 fully saturated rings. The van der Waals surface area contributed by atoms with Crippen molar-refractivity contribution in [3.05, 3.63) is 24.3 Å². The second-order valence-corrected chi connectivity index (χ2v) is 6.80. The average molecular weight is 455 g/mol. The molecule has 6 nitrogen and oxygen atoms in total. The minimum Gasteiger partial charge on any atom is -0.492 e. The monoisotopic (exact) mass is 455 g/mol. The van der Waals surface area contributed by atoms with Crippen LogP contribution in [-0.4, -0.2) is 46.9 Å². The number of hydrogen-bond acceptors (Lipinski definition) is 4. The molecule has 0 aliphatic carbocycles. The predicted octanol–water partition coefficient (Wildman–Crippen LogP) is 2.05.